The van der Waals surface area contributed by atoms with Crippen LogP contribution in [0.5, 0.6) is 0 Å². The van der Waals surface area contributed by atoms with Crippen LogP contribution >= 0.6 is 0 Å². The lowest BCUT2D eigenvalue weighted by Gasteiger charge is -1.88. The van der Waals surface area contributed by atoms with Gasteiger partial charge in [-0.25, -0.2) is 0 Å². The predicted molar refractivity (Wildman–Crippen MR) is 35.6 cm³/mol. The Hall–Kier alpha value is -1.12. The minimum absolute atomic E-state index is 0.0971. The highest BCUT2D eigenvalue weighted by Gasteiger charge is 2.04. The zero-order chi connectivity index (χ0) is 7.56. The summed E-state index contributed by atoms with van der Waals surface area (Å²) in [5, 5.41) is 3.55. The van der Waals surface area contributed by atoms with Crippen LogP contribution in [0.2, 0.25) is 0 Å². The maximum atomic E-state index is 10.6. The second-order valence-corrected chi connectivity index (χ2v) is 2.31. The van der Waals surface area contributed by atoms with Crippen molar-refractivity contribution in [3.8, 4) is 0 Å². The summed E-state index contributed by atoms with van der Waals surface area (Å²) in [5.41, 5.74) is 0.940. The van der Waals surface area contributed by atoms with Gasteiger partial charge in [-0.05, 0) is 13.8 Å². The monoisotopic (exact) mass is 139 g/mol. The van der Waals surface area contributed by atoms with Crippen LogP contribution in [0.25, 0.3) is 0 Å². The van der Waals surface area contributed by atoms with Crippen molar-refractivity contribution >= 4 is 5.78 Å². The molecule has 10 heavy (non-hydrogen) atoms. The Morgan fingerprint density at radius 3 is 2.90 bits per heavy atom. The lowest BCUT2D eigenvalue weighted by atomic mass is 10.2. The number of carbonyl (C=O) groups is 1. The number of aryl methyl sites for hydroxylation is 1. The highest BCUT2D eigenvalue weighted by Crippen LogP contribution is 2.06. The first-order chi connectivity index (χ1) is 4.70. The highest BCUT2D eigenvalue weighted by molar-refractivity contribution is 5.77. The van der Waals surface area contributed by atoms with Crippen LogP contribution in [0.3, 0.4) is 0 Å². The van der Waals surface area contributed by atoms with Gasteiger partial charge in [0.15, 0.2) is 0 Å². The second-order valence-electron chi connectivity index (χ2n) is 2.31. The first-order valence-electron chi connectivity index (χ1n) is 3.09. The summed E-state index contributed by atoms with van der Waals surface area (Å²) in [7, 11) is 0. The fraction of sp³-hybridized carbons (Fsp3) is 0.429. The first-order valence-corrected chi connectivity index (χ1v) is 3.09. The van der Waals surface area contributed by atoms with E-state index in [2.05, 4.69) is 5.16 Å². The van der Waals surface area contributed by atoms with Crippen LogP contribution in [0.1, 0.15) is 18.2 Å². The van der Waals surface area contributed by atoms with Crippen molar-refractivity contribution in [2.75, 3.05) is 0 Å². The average molecular weight is 139 g/mol. The molecule has 1 rings (SSSR count). The minimum atomic E-state index is 0.0971. The van der Waals surface area contributed by atoms with Crippen LogP contribution in [0.4, 0.5) is 0 Å². The molecule has 0 amide bonds. The van der Waals surface area contributed by atoms with Crippen molar-refractivity contribution < 1.29 is 9.32 Å². The molecular formula is C7H9NO2. The van der Waals surface area contributed by atoms with E-state index in [1.807, 2.05) is 6.92 Å². The number of aromatic nitrogens is 1. The number of nitrogens with zero attached hydrogens (tertiary/aromatic N) is 1. The standard InChI is InChI=1S/C7H9NO2/c1-5-4-8-10-7(5)3-6(2)9/h4H,3H2,1-2H3. The zero-order valence-corrected chi connectivity index (χ0v) is 6.05. The summed E-state index contributed by atoms with van der Waals surface area (Å²) in [6.45, 7) is 3.40. The number of carbonyl (C=O) groups excluding carboxylic acids is 1. The van der Waals surface area contributed by atoms with Gasteiger partial charge in [0.2, 0.25) is 0 Å². The maximum absolute atomic E-state index is 10.6. The van der Waals surface area contributed by atoms with Crippen LogP contribution in [0.15, 0.2) is 10.7 Å². The Labute approximate surface area is 59.0 Å². The van der Waals surface area contributed by atoms with Crippen molar-refractivity contribution in [1.29, 1.82) is 0 Å². The van der Waals surface area contributed by atoms with E-state index in [1.54, 1.807) is 6.20 Å². The van der Waals surface area contributed by atoms with E-state index in [-0.39, 0.29) is 5.78 Å². The number of hydrogen-bond donors (Lipinski definition) is 0. The molecule has 0 N–H and O–H groups in total. The predicted octanol–water partition coefficient (Wildman–Crippen LogP) is 1.11. The van der Waals surface area contributed by atoms with Crippen molar-refractivity contribution in [3.63, 3.8) is 0 Å². The molecule has 1 aromatic rings. The average Bonchev–Trinajstić information content (AvgIpc) is 2.15. The smallest absolute Gasteiger partial charge is 0.146 e. The Kier molecular flexibility index (Phi) is 1.85. The Morgan fingerprint density at radius 1 is 1.80 bits per heavy atom. The molecule has 0 bridgehead atoms. The quantitative estimate of drug-likeness (QED) is 0.616. The Bertz CT molecular complexity index is 240. The van der Waals surface area contributed by atoms with Gasteiger partial charge in [-0.15, -0.1) is 0 Å². The molecule has 0 unspecified atom stereocenters. The highest BCUT2D eigenvalue weighted by atomic mass is 16.5. The van der Waals surface area contributed by atoms with Crippen molar-refractivity contribution in [2.45, 2.75) is 20.3 Å². The molecule has 0 aromatic carbocycles. The molecule has 0 aliphatic heterocycles. The molecule has 0 saturated heterocycles. The fourth-order valence-corrected chi connectivity index (χ4v) is 0.711. The zero-order valence-electron chi connectivity index (χ0n) is 6.05. The van der Waals surface area contributed by atoms with Gasteiger partial charge in [-0.1, -0.05) is 5.16 Å². The van der Waals surface area contributed by atoms with Gasteiger partial charge in [0, 0.05) is 5.56 Å². The van der Waals surface area contributed by atoms with E-state index < -0.39 is 0 Å². The molecule has 0 radical (unpaired) electrons. The molecule has 0 atom stereocenters. The van der Waals surface area contributed by atoms with Crippen molar-refractivity contribution in [3.05, 3.63) is 17.5 Å². The fourth-order valence-electron chi connectivity index (χ4n) is 0.711. The van der Waals surface area contributed by atoms with Crippen LogP contribution in [-0.2, 0) is 11.2 Å². The molecule has 1 aromatic heterocycles. The van der Waals surface area contributed by atoms with E-state index in [9.17, 15) is 4.79 Å². The van der Waals surface area contributed by atoms with E-state index in [0.29, 0.717) is 12.2 Å². The largest absolute Gasteiger partial charge is 0.361 e. The number of ketones is 1. The summed E-state index contributed by atoms with van der Waals surface area (Å²) >= 11 is 0. The van der Waals surface area contributed by atoms with E-state index in [1.165, 1.54) is 6.92 Å². The van der Waals surface area contributed by atoms with Gasteiger partial charge < -0.3 is 4.52 Å². The summed E-state index contributed by atoms with van der Waals surface area (Å²) < 4.78 is 4.80. The van der Waals surface area contributed by atoms with Crippen LogP contribution < -0.4 is 0 Å². The van der Waals surface area contributed by atoms with Gasteiger partial charge in [0.1, 0.15) is 11.5 Å². The van der Waals surface area contributed by atoms with Crippen LogP contribution in [0, 0.1) is 6.92 Å². The van der Waals surface area contributed by atoms with E-state index >= 15 is 0 Å². The molecular weight excluding hydrogens is 130 g/mol. The third-order valence-electron chi connectivity index (χ3n) is 1.26. The SMILES string of the molecule is CC(=O)Cc1oncc1C. The van der Waals surface area contributed by atoms with Gasteiger partial charge >= 0.3 is 0 Å². The van der Waals surface area contributed by atoms with Crippen molar-refractivity contribution in [2.24, 2.45) is 0 Å². The lowest BCUT2D eigenvalue weighted by Crippen LogP contribution is -1.95. The van der Waals surface area contributed by atoms with E-state index in [0.717, 1.165) is 5.56 Å². The van der Waals surface area contributed by atoms with E-state index in [4.69, 9.17) is 4.52 Å². The molecule has 0 spiro atoms. The third-order valence-corrected chi connectivity index (χ3v) is 1.26. The van der Waals surface area contributed by atoms with Gasteiger partial charge in [-0.3, -0.25) is 4.79 Å². The van der Waals surface area contributed by atoms with Gasteiger partial charge in [-0.2, -0.15) is 0 Å². The molecule has 0 saturated carbocycles. The number of Topliss-reactive ketones (excluding diaryl/α,β-unsaturated/α-hetero) is 1. The summed E-state index contributed by atoms with van der Waals surface area (Å²) in [5.74, 6) is 0.771. The molecule has 1 heterocycles. The topological polar surface area (TPSA) is 43.1 Å². The van der Waals surface area contributed by atoms with Crippen LogP contribution in [-0.4, -0.2) is 10.9 Å². The van der Waals surface area contributed by atoms with Gasteiger partial charge in [0.25, 0.3) is 0 Å². The molecule has 0 aliphatic carbocycles. The molecule has 0 aliphatic rings. The third kappa shape index (κ3) is 1.43. The summed E-state index contributed by atoms with van der Waals surface area (Å²) in [6, 6.07) is 0. The lowest BCUT2D eigenvalue weighted by molar-refractivity contribution is -0.116. The second kappa shape index (κ2) is 2.64. The normalized spacial score (nSPS) is 9.80. The molecule has 54 valence electrons. The summed E-state index contributed by atoms with van der Waals surface area (Å²) in [4.78, 5) is 10.6. The molecule has 0 fully saturated rings. The Morgan fingerprint density at radius 2 is 2.50 bits per heavy atom. The molecule has 3 heteroatoms. The summed E-state index contributed by atoms with van der Waals surface area (Å²) in [6.07, 6.45) is 1.96. The minimum Gasteiger partial charge on any atom is -0.361 e. The van der Waals surface area contributed by atoms with Crippen molar-refractivity contribution in [1.82, 2.24) is 5.16 Å². The maximum Gasteiger partial charge on any atom is 0.146 e. The molecule has 3 nitrogen and oxygen atoms in total. The first kappa shape index (κ1) is 6.99. The Balaban J connectivity index is 2.74. The number of hydrogen-bond acceptors (Lipinski definition) is 3. The van der Waals surface area contributed by atoms with Gasteiger partial charge in [0.05, 0.1) is 12.6 Å². The number of rotatable bonds is 2.